The quantitative estimate of drug-likeness (QED) is 0.681. The lowest BCUT2D eigenvalue weighted by atomic mass is 9.89. The molecule has 0 bridgehead atoms. The molecule has 0 saturated carbocycles. The largest absolute Gasteiger partial charge is 0.449 e. The maximum Gasteiger partial charge on any atom is 0.404 e. The van der Waals surface area contributed by atoms with Crippen LogP contribution in [0.5, 0.6) is 0 Å². The standard InChI is InChI=1S/C8H17NO2/c1-4-5-8(2,3)6-11-7(9)10/h4-6H2,1-3H3,(H2,9,10). The van der Waals surface area contributed by atoms with Crippen molar-refractivity contribution in [3.63, 3.8) is 0 Å². The number of carbonyl (C=O) groups is 1. The number of rotatable bonds is 4. The van der Waals surface area contributed by atoms with E-state index in [0.29, 0.717) is 6.61 Å². The highest BCUT2D eigenvalue weighted by molar-refractivity contribution is 5.64. The minimum Gasteiger partial charge on any atom is -0.449 e. The first-order valence-electron chi connectivity index (χ1n) is 3.90. The van der Waals surface area contributed by atoms with Crippen LogP contribution in [0, 0.1) is 5.41 Å². The molecule has 11 heavy (non-hydrogen) atoms. The Morgan fingerprint density at radius 3 is 2.45 bits per heavy atom. The molecule has 0 aromatic rings. The van der Waals surface area contributed by atoms with Gasteiger partial charge < -0.3 is 10.5 Å². The molecule has 3 nitrogen and oxygen atoms in total. The van der Waals surface area contributed by atoms with Gasteiger partial charge in [0, 0.05) is 0 Å². The predicted octanol–water partition coefficient (Wildman–Crippen LogP) is 1.91. The van der Waals surface area contributed by atoms with Gasteiger partial charge in [0.2, 0.25) is 0 Å². The zero-order valence-corrected chi connectivity index (χ0v) is 7.52. The van der Waals surface area contributed by atoms with Gasteiger partial charge in [-0.15, -0.1) is 0 Å². The summed E-state index contributed by atoms with van der Waals surface area (Å²) in [6.45, 7) is 6.63. The van der Waals surface area contributed by atoms with Crippen LogP contribution < -0.4 is 5.73 Å². The summed E-state index contributed by atoms with van der Waals surface area (Å²) in [5.74, 6) is 0. The van der Waals surface area contributed by atoms with Crippen LogP contribution in [-0.4, -0.2) is 12.7 Å². The van der Waals surface area contributed by atoms with E-state index in [-0.39, 0.29) is 5.41 Å². The van der Waals surface area contributed by atoms with E-state index in [9.17, 15) is 4.79 Å². The summed E-state index contributed by atoms with van der Waals surface area (Å²) in [6, 6.07) is 0. The zero-order valence-electron chi connectivity index (χ0n) is 7.52. The van der Waals surface area contributed by atoms with Gasteiger partial charge in [-0.05, 0) is 11.8 Å². The van der Waals surface area contributed by atoms with Crippen LogP contribution in [0.3, 0.4) is 0 Å². The maximum absolute atomic E-state index is 10.3. The third-order valence-electron chi connectivity index (χ3n) is 1.53. The van der Waals surface area contributed by atoms with E-state index < -0.39 is 6.09 Å². The number of hydrogen-bond acceptors (Lipinski definition) is 2. The van der Waals surface area contributed by atoms with Crippen molar-refractivity contribution in [2.75, 3.05) is 6.61 Å². The lowest BCUT2D eigenvalue weighted by molar-refractivity contribution is 0.101. The first-order valence-corrected chi connectivity index (χ1v) is 3.90. The molecule has 2 N–H and O–H groups in total. The second-order valence-electron chi connectivity index (χ2n) is 3.52. The van der Waals surface area contributed by atoms with Gasteiger partial charge in [-0.1, -0.05) is 27.2 Å². The average Bonchev–Trinajstić information content (AvgIpc) is 1.84. The van der Waals surface area contributed by atoms with Crippen LogP contribution in [-0.2, 0) is 4.74 Å². The molecule has 0 aromatic heterocycles. The summed E-state index contributed by atoms with van der Waals surface area (Å²) in [4.78, 5) is 10.3. The van der Waals surface area contributed by atoms with Crippen LogP contribution >= 0.6 is 0 Å². The van der Waals surface area contributed by atoms with Crippen molar-refractivity contribution in [1.82, 2.24) is 0 Å². The third kappa shape index (κ3) is 5.70. The van der Waals surface area contributed by atoms with Crippen molar-refractivity contribution < 1.29 is 9.53 Å². The van der Waals surface area contributed by atoms with E-state index in [2.05, 4.69) is 20.8 Å². The number of amides is 1. The first kappa shape index (κ1) is 10.3. The van der Waals surface area contributed by atoms with Gasteiger partial charge in [0.15, 0.2) is 0 Å². The third-order valence-corrected chi connectivity index (χ3v) is 1.53. The monoisotopic (exact) mass is 159 g/mol. The van der Waals surface area contributed by atoms with E-state index >= 15 is 0 Å². The molecule has 0 atom stereocenters. The molecule has 3 heteroatoms. The molecule has 0 aliphatic heterocycles. The minimum absolute atomic E-state index is 0.0593. The van der Waals surface area contributed by atoms with Gasteiger partial charge in [0.25, 0.3) is 0 Å². The van der Waals surface area contributed by atoms with Crippen molar-refractivity contribution in [3.8, 4) is 0 Å². The van der Waals surface area contributed by atoms with Gasteiger partial charge >= 0.3 is 6.09 Å². The summed E-state index contributed by atoms with van der Waals surface area (Å²) in [6.07, 6.45) is 1.45. The summed E-state index contributed by atoms with van der Waals surface area (Å²) in [5.41, 5.74) is 4.89. The zero-order chi connectivity index (χ0) is 8.91. The summed E-state index contributed by atoms with van der Waals surface area (Å²) >= 11 is 0. The SMILES string of the molecule is CCCC(C)(C)COC(N)=O. The maximum atomic E-state index is 10.3. The highest BCUT2D eigenvalue weighted by Crippen LogP contribution is 2.21. The van der Waals surface area contributed by atoms with Crippen LogP contribution in [0.1, 0.15) is 33.6 Å². The first-order chi connectivity index (χ1) is 4.98. The Morgan fingerprint density at radius 1 is 1.55 bits per heavy atom. The molecule has 0 saturated heterocycles. The average molecular weight is 159 g/mol. The van der Waals surface area contributed by atoms with Crippen molar-refractivity contribution >= 4 is 6.09 Å². The molecule has 1 amide bonds. The fourth-order valence-corrected chi connectivity index (χ4v) is 1.02. The Hall–Kier alpha value is -0.730. The normalized spacial score (nSPS) is 11.2. The summed E-state index contributed by atoms with van der Waals surface area (Å²) < 4.78 is 4.70. The van der Waals surface area contributed by atoms with Crippen molar-refractivity contribution in [2.45, 2.75) is 33.6 Å². The Bertz CT molecular complexity index is 132. The second-order valence-corrected chi connectivity index (χ2v) is 3.52. The Morgan fingerprint density at radius 2 is 2.09 bits per heavy atom. The van der Waals surface area contributed by atoms with Crippen LogP contribution in [0.15, 0.2) is 0 Å². The molecular weight excluding hydrogens is 142 g/mol. The molecule has 0 rings (SSSR count). The Labute approximate surface area is 67.9 Å². The fourth-order valence-electron chi connectivity index (χ4n) is 1.02. The molecule has 0 radical (unpaired) electrons. The van der Waals surface area contributed by atoms with E-state index in [1.54, 1.807) is 0 Å². The fraction of sp³-hybridized carbons (Fsp3) is 0.875. The molecular formula is C8H17NO2. The van der Waals surface area contributed by atoms with E-state index in [1.807, 2.05) is 0 Å². The highest BCUT2D eigenvalue weighted by atomic mass is 16.5. The van der Waals surface area contributed by atoms with Gasteiger partial charge in [0.1, 0.15) is 0 Å². The smallest absolute Gasteiger partial charge is 0.404 e. The predicted molar refractivity (Wildman–Crippen MR) is 44.2 cm³/mol. The molecule has 0 aliphatic carbocycles. The molecule has 0 spiro atoms. The topological polar surface area (TPSA) is 52.3 Å². The number of carbonyl (C=O) groups excluding carboxylic acids is 1. The van der Waals surface area contributed by atoms with Crippen LogP contribution in [0.25, 0.3) is 0 Å². The molecule has 66 valence electrons. The van der Waals surface area contributed by atoms with Gasteiger partial charge in [-0.2, -0.15) is 0 Å². The van der Waals surface area contributed by atoms with E-state index in [4.69, 9.17) is 10.5 Å². The van der Waals surface area contributed by atoms with E-state index in [0.717, 1.165) is 12.8 Å². The molecule has 0 fully saturated rings. The summed E-state index contributed by atoms with van der Waals surface area (Å²) in [5, 5.41) is 0. The van der Waals surface area contributed by atoms with Crippen molar-refractivity contribution in [3.05, 3.63) is 0 Å². The highest BCUT2D eigenvalue weighted by Gasteiger charge is 2.17. The van der Waals surface area contributed by atoms with Gasteiger partial charge in [0.05, 0.1) is 6.61 Å². The minimum atomic E-state index is -0.686. The number of nitrogens with two attached hydrogens (primary N) is 1. The van der Waals surface area contributed by atoms with Crippen LogP contribution in [0.2, 0.25) is 0 Å². The molecule has 0 heterocycles. The number of primary amides is 1. The van der Waals surface area contributed by atoms with Crippen molar-refractivity contribution in [2.24, 2.45) is 11.1 Å². The summed E-state index contributed by atoms with van der Waals surface area (Å²) in [7, 11) is 0. The van der Waals surface area contributed by atoms with Crippen molar-refractivity contribution in [1.29, 1.82) is 0 Å². The Kier molecular flexibility index (Phi) is 3.93. The lowest BCUT2D eigenvalue weighted by Gasteiger charge is -2.22. The molecule has 0 aromatic carbocycles. The second kappa shape index (κ2) is 4.21. The van der Waals surface area contributed by atoms with E-state index in [1.165, 1.54) is 0 Å². The van der Waals surface area contributed by atoms with Gasteiger partial charge in [-0.25, -0.2) is 4.79 Å². The van der Waals surface area contributed by atoms with Crippen LogP contribution in [0.4, 0.5) is 4.79 Å². The Balaban J connectivity index is 3.63. The van der Waals surface area contributed by atoms with Gasteiger partial charge in [-0.3, -0.25) is 0 Å². The lowest BCUT2D eigenvalue weighted by Crippen LogP contribution is -2.24. The molecule has 0 aliphatic rings. The molecule has 0 unspecified atom stereocenters. The number of ether oxygens (including phenoxy) is 1. The number of hydrogen-bond donors (Lipinski definition) is 1.